The molecule has 1 aliphatic heterocycles. The normalized spacial score (nSPS) is 43.0. The fourth-order valence-electron chi connectivity index (χ4n) is 4.85. The largest absolute Gasteiger partial charge is 0.329 e. The minimum absolute atomic E-state index is 0.697. The highest BCUT2D eigenvalue weighted by Crippen LogP contribution is 2.41. The minimum Gasteiger partial charge on any atom is -0.329 e. The first-order valence-corrected chi connectivity index (χ1v) is 8.22. The van der Waals surface area contributed by atoms with Gasteiger partial charge in [0, 0.05) is 25.7 Å². The van der Waals surface area contributed by atoms with Gasteiger partial charge in [-0.3, -0.25) is 4.90 Å². The predicted octanol–water partition coefficient (Wildman–Crippen LogP) is 2.87. The van der Waals surface area contributed by atoms with Crippen LogP contribution in [0, 0.1) is 23.7 Å². The van der Waals surface area contributed by atoms with Crippen molar-refractivity contribution >= 4 is 0 Å². The van der Waals surface area contributed by atoms with Gasteiger partial charge in [-0.15, -0.1) is 0 Å². The summed E-state index contributed by atoms with van der Waals surface area (Å²) in [4.78, 5) is 2.77. The Balaban J connectivity index is 1.59. The molecule has 2 aliphatic carbocycles. The quantitative estimate of drug-likeness (QED) is 0.834. The number of nitrogens with two attached hydrogens (primary N) is 1. The van der Waals surface area contributed by atoms with Crippen molar-refractivity contribution in [3.63, 3.8) is 0 Å². The van der Waals surface area contributed by atoms with E-state index in [1.807, 2.05) is 0 Å². The van der Waals surface area contributed by atoms with Gasteiger partial charge >= 0.3 is 0 Å². The first-order chi connectivity index (χ1) is 8.78. The molecular weight excluding hydrogens is 220 g/mol. The van der Waals surface area contributed by atoms with Crippen molar-refractivity contribution in [3.8, 4) is 0 Å². The Hall–Kier alpha value is -0.0800. The third kappa shape index (κ3) is 2.46. The average Bonchev–Trinajstić information content (AvgIpc) is 2.93. The Kier molecular flexibility index (Phi) is 3.95. The van der Waals surface area contributed by atoms with Gasteiger partial charge in [-0.25, -0.2) is 0 Å². The van der Waals surface area contributed by atoms with E-state index in [2.05, 4.69) is 11.8 Å². The number of fused-ring (bicyclic) bond motifs is 1. The lowest BCUT2D eigenvalue weighted by Crippen LogP contribution is -2.45. The van der Waals surface area contributed by atoms with Gasteiger partial charge in [0.15, 0.2) is 0 Å². The first kappa shape index (κ1) is 12.9. The minimum atomic E-state index is 0.697. The number of hydrogen-bond acceptors (Lipinski definition) is 2. The van der Waals surface area contributed by atoms with Crippen LogP contribution in [0.25, 0.3) is 0 Å². The number of likely N-dealkylation sites (tertiary alicyclic amines) is 1. The smallest absolute Gasteiger partial charge is 0.0246 e. The Bertz CT molecular complexity index is 258. The van der Waals surface area contributed by atoms with Crippen molar-refractivity contribution < 1.29 is 0 Å². The monoisotopic (exact) mass is 250 g/mol. The molecule has 1 saturated heterocycles. The molecule has 18 heavy (non-hydrogen) atoms. The lowest BCUT2D eigenvalue weighted by Gasteiger charge is -2.38. The molecule has 3 unspecified atom stereocenters. The van der Waals surface area contributed by atoms with E-state index in [9.17, 15) is 0 Å². The van der Waals surface area contributed by atoms with E-state index in [1.54, 1.807) is 0 Å². The van der Waals surface area contributed by atoms with Crippen LogP contribution in [0.15, 0.2) is 0 Å². The van der Waals surface area contributed by atoms with Crippen molar-refractivity contribution in [2.45, 2.75) is 57.9 Å². The molecule has 2 heteroatoms. The molecule has 0 aromatic heterocycles. The Labute approximate surface area is 112 Å². The second-order valence-electron chi connectivity index (χ2n) is 7.23. The third-order valence-corrected chi connectivity index (χ3v) is 6.07. The molecular formula is C16H30N2. The van der Waals surface area contributed by atoms with E-state index >= 15 is 0 Å². The molecule has 3 rings (SSSR count). The Morgan fingerprint density at radius 3 is 2.17 bits per heavy atom. The summed E-state index contributed by atoms with van der Waals surface area (Å²) >= 11 is 0. The maximum Gasteiger partial charge on any atom is 0.0246 e. The van der Waals surface area contributed by atoms with Crippen molar-refractivity contribution in [1.29, 1.82) is 0 Å². The van der Waals surface area contributed by atoms with E-state index in [0.717, 1.165) is 30.2 Å². The zero-order chi connectivity index (χ0) is 12.5. The van der Waals surface area contributed by atoms with Crippen LogP contribution in [-0.2, 0) is 0 Å². The fourth-order valence-corrected chi connectivity index (χ4v) is 4.85. The fraction of sp³-hybridized carbons (Fsp3) is 1.00. The molecule has 0 spiro atoms. The summed E-state index contributed by atoms with van der Waals surface area (Å²) in [6.45, 7) is 6.02. The van der Waals surface area contributed by atoms with Gasteiger partial charge in [0.1, 0.15) is 0 Å². The zero-order valence-corrected chi connectivity index (χ0v) is 12.0. The predicted molar refractivity (Wildman–Crippen MR) is 76.4 cm³/mol. The maximum atomic E-state index is 6.13. The van der Waals surface area contributed by atoms with Gasteiger partial charge in [0.2, 0.25) is 0 Å². The van der Waals surface area contributed by atoms with Gasteiger partial charge < -0.3 is 5.73 Å². The molecule has 0 aromatic rings. The van der Waals surface area contributed by atoms with Crippen LogP contribution in [0.5, 0.6) is 0 Å². The maximum absolute atomic E-state index is 6.13. The van der Waals surface area contributed by atoms with E-state index in [0.29, 0.717) is 6.04 Å². The van der Waals surface area contributed by atoms with Gasteiger partial charge in [0.25, 0.3) is 0 Å². The van der Waals surface area contributed by atoms with Crippen LogP contribution >= 0.6 is 0 Å². The Morgan fingerprint density at radius 1 is 1.00 bits per heavy atom. The van der Waals surface area contributed by atoms with Gasteiger partial charge in [-0.05, 0) is 49.4 Å². The number of nitrogens with zero attached hydrogens (tertiary/aromatic N) is 1. The second kappa shape index (κ2) is 5.50. The highest BCUT2D eigenvalue weighted by molar-refractivity contribution is 4.94. The summed E-state index contributed by atoms with van der Waals surface area (Å²) in [5.41, 5.74) is 6.13. The molecule has 0 radical (unpaired) electrons. The van der Waals surface area contributed by atoms with Crippen molar-refractivity contribution in [3.05, 3.63) is 0 Å². The molecule has 0 aromatic carbocycles. The van der Waals surface area contributed by atoms with Crippen LogP contribution in [0.2, 0.25) is 0 Å². The SMILES string of the molecule is CC1CCC(C(CN)N2CC3CCCC3C2)CC1. The molecule has 0 bridgehead atoms. The zero-order valence-electron chi connectivity index (χ0n) is 12.0. The molecule has 3 atom stereocenters. The van der Waals surface area contributed by atoms with Crippen molar-refractivity contribution in [2.75, 3.05) is 19.6 Å². The summed E-state index contributed by atoms with van der Waals surface area (Å²) in [5.74, 6) is 3.88. The molecule has 2 nitrogen and oxygen atoms in total. The van der Waals surface area contributed by atoms with Crippen LogP contribution in [0.1, 0.15) is 51.9 Å². The first-order valence-electron chi connectivity index (χ1n) is 8.22. The van der Waals surface area contributed by atoms with Gasteiger partial charge in [-0.2, -0.15) is 0 Å². The van der Waals surface area contributed by atoms with E-state index in [1.165, 1.54) is 58.0 Å². The molecule has 2 N–H and O–H groups in total. The number of hydrogen-bond donors (Lipinski definition) is 1. The summed E-state index contributed by atoms with van der Waals surface area (Å²) in [6.07, 6.45) is 10.2. The lowest BCUT2D eigenvalue weighted by molar-refractivity contribution is 0.126. The van der Waals surface area contributed by atoms with Crippen molar-refractivity contribution in [2.24, 2.45) is 29.4 Å². The highest BCUT2D eigenvalue weighted by Gasteiger charge is 2.40. The van der Waals surface area contributed by atoms with Gasteiger partial charge in [-0.1, -0.05) is 26.2 Å². The highest BCUT2D eigenvalue weighted by atomic mass is 15.2. The summed E-state index contributed by atoms with van der Waals surface area (Å²) in [7, 11) is 0. The molecule has 0 amide bonds. The molecule has 1 heterocycles. The lowest BCUT2D eigenvalue weighted by atomic mass is 9.79. The standard InChI is InChI=1S/C16H30N2/c1-12-5-7-13(8-6-12)16(9-17)18-10-14-3-2-4-15(14)11-18/h12-16H,2-11,17H2,1H3. The second-order valence-corrected chi connectivity index (χ2v) is 7.23. The molecule has 104 valence electrons. The summed E-state index contributed by atoms with van der Waals surface area (Å²) in [6, 6.07) is 0.697. The van der Waals surface area contributed by atoms with Gasteiger partial charge in [0.05, 0.1) is 0 Å². The molecule has 2 saturated carbocycles. The van der Waals surface area contributed by atoms with E-state index in [-0.39, 0.29) is 0 Å². The number of rotatable bonds is 3. The third-order valence-electron chi connectivity index (χ3n) is 6.07. The van der Waals surface area contributed by atoms with Crippen LogP contribution in [0.3, 0.4) is 0 Å². The van der Waals surface area contributed by atoms with E-state index < -0.39 is 0 Å². The van der Waals surface area contributed by atoms with Crippen LogP contribution in [0.4, 0.5) is 0 Å². The summed E-state index contributed by atoms with van der Waals surface area (Å²) < 4.78 is 0. The average molecular weight is 250 g/mol. The van der Waals surface area contributed by atoms with Crippen LogP contribution < -0.4 is 5.73 Å². The van der Waals surface area contributed by atoms with Crippen molar-refractivity contribution in [1.82, 2.24) is 4.90 Å². The topological polar surface area (TPSA) is 29.3 Å². The molecule has 3 fully saturated rings. The van der Waals surface area contributed by atoms with Crippen LogP contribution in [-0.4, -0.2) is 30.6 Å². The summed E-state index contributed by atoms with van der Waals surface area (Å²) in [5, 5.41) is 0. The Morgan fingerprint density at radius 2 is 1.61 bits per heavy atom. The van der Waals surface area contributed by atoms with E-state index in [4.69, 9.17) is 5.73 Å². The molecule has 3 aliphatic rings.